The summed E-state index contributed by atoms with van der Waals surface area (Å²) in [7, 11) is 0. The first-order valence-corrected chi connectivity index (χ1v) is 6.80. The molecule has 0 saturated carbocycles. The van der Waals surface area contributed by atoms with Gasteiger partial charge in [-0.1, -0.05) is 0 Å². The van der Waals surface area contributed by atoms with Gasteiger partial charge in [0.15, 0.2) is 0 Å². The van der Waals surface area contributed by atoms with E-state index in [4.69, 9.17) is 0 Å². The van der Waals surface area contributed by atoms with Crippen LogP contribution in [0, 0.1) is 6.92 Å². The van der Waals surface area contributed by atoms with Crippen molar-refractivity contribution in [2.45, 2.75) is 26.8 Å². The first-order chi connectivity index (χ1) is 9.97. The molecule has 5 heteroatoms. The Morgan fingerprint density at radius 3 is 2.71 bits per heavy atom. The molecule has 21 heavy (non-hydrogen) atoms. The number of anilines is 2. The fourth-order valence-corrected chi connectivity index (χ4v) is 1.95. The van der Waals surface area contributed by atoms with Gasteiger partial charge >= 0.3 is 0 Å². The molecule has 0 aliphatic carbocycles. The fraction of sp³-hybridized carbons (Fsp3) is 0.250. The predicted octanol–water partition coefficient (Wildman–Crippen LogP) is 3.17. The molecule has 1 aromatic carbocycles. The molecule has 0 fully saturated rings. The van der Waals surface area contributed by atoms with Crippen LogP contribution in [-0.2, 0) is 0 Å². The number of nitrogens with one attached hydrogen (secondary N) is 2. The Kier molecular flexibility index (Phi) is 4.42. The number of carbonyl (C=O) groups is 1. The highest BCUT2D eigenvalue weighted by atomic mass is 16.3. The van der Waals surface area contributed by atoms with Crippen molar-refractivity contribution in [3.05, 3.63) is 47.7 Å². The Hall–Kier alpha value is -2.56. The van der Waals surface area contributed by atoms with E-state index < -0.39 is 0 Å². The molecule has 2 rings (SSSR count). The highest BCUT2D eigenvalue weighted by molar-refractivity contribution is 6.07. The van der Waals surface area contributed by atoms with Crippen molar-refractivity contribution in [3.63, 3.8) is 0 Å². The number of carbonyl (C=O) groups excluding carboxylic acids is 1. The van der Waals surface area contributed by atoms with E-state index in [9.17, 15) is 9.90 Å². The van der Waals surface area contributed by atoms with Crippen molar-refractivity contribution in [2.75, 3.05) is 10.6 Å². The fourth-order valence-electron chi connectivity index (χ4n) is 1.95. The number of hydrogen-bond donors (Lipinski definition) is 3. The number of amides is 1. The van der Waals surface area contributed by atoms with Gasteiger partial charge in [-0.3, -0.25) is 4.79 Å². The van der Waals surface area contributed by atoms with Crippen LogP contribution >= 0.6 is 0 Å². The lowest BCUT2D eigenvalue weighted by molar-refractivity contribution is 0.102. The summed E-state index contributed by atoms with van der Waals surface area (Å²) in [5.41, 5.74) is 1.95. The van der Waals surface area contributed by atoms with Crippen molar-refractivity contribution in [2.24, 2.45) is 0 Å². The van der Waals surface area contributed by atoms with Crippen molar-refractivity contribution in [3.8, 4) is 5.75 Å². The summed E-state index contributed by atoms with van der Waals surface area (Å²) in [6.07, 6.45) is 1.65. The molecule has 2 aromatic rings. The SMILES string of the molecule is Cc1cc(O)ccc1NC(=O)c1cccnc1NC(C)C. The number of nitrogens with zero attached hydrogens (tertiary/aromatic N) is 1. The molecule has 0 atom stereocenters. The van der Waals surface area contributed by atoms with Gasteiger partial charge in [0.05, 0.1) is 5.56 Å². The summed E-state index contributed by atoms with van der Waals surface area (Å²) < 4.78 is 0. The van der Waals surface area contributed by atoms with Gasteiger partial charge in [0.1, 0.15) is 11.6 Å². The normalized spacial score (nSPS) is 10.5. The number of aryl methyl sites for hydroxylation is 1. The van der Waals surface area contributed by atoms with E-state index in [0.29, 0.717) is 17.1 Å². The van der Waals surface area contributed by atoms with Crippen molar-refractivity contribution >= 4 is 17.4 Å². The van der Waals surface area contributed by atoms with E-state index in [1.807, 2.05) is 20.8 Å². The summed E-state index contributed by atoms with van der Waals surface area (Å²) in [4.78, 5) is 16.6. The highest BCUT2D eigenvalue weighted by Crippen LogP contribution is 2.22. The molecule has 1 amide bonds. The third-order valence-electron chi connectivity index (χ3n) is 2.94. The molecule has 3 N–H and O–H groups in total. The number of pyridine rings is 1. The number of benzene rings is 1. The summed E-state index contributed by atoms with van der Waals surface area (Å²) in [5.74, 6) is 0.496. The van der Waals surface area contributed by atoms with Crippen molar-refractivity contribution in [1.29, 1.82) is 0 Å². The zero-order chi connectivity index (χ0) is 15.4. The number of hydrogen-bond acceptors (Lipinski definition) is 4. The number of aromatic hydroxyl groups is 1. The van der Waals surface area contributed by atoms with Gasteiger partial charge in [-0.25, -0.2) is 4.98 Å². The molecular weight excluding hydrogens is 266 g/mol. The van der Waals surface area contributed by atoms with E-state index >= 15 is 0 Å². The first kappa shape index (κ1) is 14.8. The monoisotopic (exact) mass is 285 g/mol. The summed E-state index contributed by atoms with van der Waals surface area (Å²) >= 11 is 0. The number of aromatic nitrogens is 1. The maximum Gasteiger partial charge on any atom is 0.259 e. The van der Waals surface area contributed by atoms with Crippen LogP contribution < -0.4 is 10.6 Å². The Balaban J connectivity index is 2.24. The van der Waals surface area contributed by atoms with Crippen LogP contribution in [0.4, 0.5) is 11.5 Å². The molecule has 1 heterocycles. The second kappa shape index (κ2) is 6.26. The lowest BCUT2D eigenvalue weighted by atomic mass is 10.1. The number of phenols is 1. The molecule has 0 aliphatic heterocycles. The van der Waals surface area contributed by atoms with Crippen LogP contribution in [0.25, 0.3) is 0 Å². The quantitative estimate of drug-likeness (QED) is 0.754. The average Bonchev–Trinajstić information content (AvgIpc) is 2.42. The topological polar surface area (TPSA) is 74.2 Å². The third kappa shape index (κ3) is 3.72. The third-order valence-corrected chi connectivity index (χ3v) is 2.94. The van der Waals surface area contributed by atoms with E-state index in [2.05, 4.69) is 15.6 Å². The van der Waals surface area contributed by atoms with E-state index in [-0.39, 0.29) is 17.7 Å². The zero-order valence-corrected chi connectivity index (χ0v) is 12.3. The van der Waals surface area contributed by atoms with Gasteiger partial charge in [-0.2, -0.15) is 0 Å². The Bertz CT molecular complexity index is 654. The average molecular weight is 285 g/mol. The van der Waals surface area contributed by atoms with Crippen LogP contribution in [-0.4, -0.2) is 22.0 Å². The van der Waals surface area contributed by atoms with Crippen LogP contribution in [0.15, 0.2) is 36.5 Å². The lowest BCUT2D eigenvalue weighted by Crippen LogP contribution is -2.19. The maximum atomic E-state index is 12.4. The highest BCUT2D eigenvalue weighted by Gasteiger charge is 2.14. The van der Waals surface area contributed by atoms with E-state index in [1.54, 1.807) is 36.5 Å². The number of rotatable bonds is 4. The molecule has 0 spiro atoms. The molecule has 0 saturated heterocycles. The van der Waals surface area contributed by atoms with Gasteiger partial charge in [0.25, 0.3) is 5.91 Å². The maximum absolute atomic E-state index is 12.4. The predicted molar refractivity (Wildman–Crippen MR) is 83.8 cm³/mol. The van der Waals surface area contributed by atoms with Gasteiger partial charge in [0.2, 0.25) is 0 Å². The Labute approximate surface area is 124 Å². The molecule has 5 nitrogen and oxygen atoms in total. The van der Waals surface area contributed by atoms with Crippen LogP contribution in [0.2, 0.25) is 0 Å². The molecule has 110 valence electrons. The Morgan fingerprint density at radius 2 is 2.05 bits per heavy atom. The lowest BCUT2D eigenvalue weighted by Gasteiger charge is -2.14. The van der Waals surface area contributed by atoms with Crippen LogP contribution in [0.1, 0.15) is 29.8 Å². The van der Waals surface area contributed by atoms with Gasteiger partial charge in [-0.05, 0) is 56.7 Å². The van der Waals surface area contributed by atoms with E-state index in [1.165, 1.54) is 0 Å². The van der Waals surface area contributed by atoms with E-state index in [0.717, 1.165) is 5.56 Å². The van der Waals surface area contributed by atoms with Crippen molar-refractivity contribution < 1.29 is 9.90 Å². The standard InChI is InChI=1S/C16H19N3O2/c1-10(2)18-15-13(5-4-8-17-15)16(21)19-14-7-6-12(20)9-11(14)3/h4-10,20H,1-3H3,(H,17,18)(H,19,21). The summed E-state index contributed by atoms with van der Waals surface area (Å²) in [6, 6.07) is 8.45. The summed E-state index contributed by atoms with van der Waals surface area (Å²) in [6.45, 7) is 5.80. The van der Waals surface area contributed by atoms with Crippen LogP contribution in [0.5, 0.6) is 5.75 Å². The molecule has 0 unspecified atom stereocenters. The second-order valence-corrected chi connectivity index (χ2v) is 5.15. The van der Waals surface area contributed by atoms with Crippen molar-refractivity contribution in [1.82, 2.24) is 4.98 Å². The summed E-state index contributed by atoms with van der Waals surface area (Å²) in [5, 5.41) is 15.4. The molecule has 0 radical (unpaired) electrons. The molecule has 1 aromatic heterocycles. The zero-order valence-electron chi connectivity index (χ0n) is 12.3. The van der Waals surface area contributed by atoms with Crippen LogP contribution in [0.3, 0.4) is 0 Å². The largest absolute Gasteiger partial charge is 0.508 e. The minimum atomic E-state index is -0.236. The minimum Gasteiger partial charge on any atom is -0.508 e. The second-order valence-electron chi connectivity index (χ2n) is 5.15. The molecule has 0 aliphatic rings. The smallest absolute Gasteiger partial charge is 0.259 e. The minimum absolute atomic E-state index is 0.175. The van der Waals surface area contributed by atoms with Gasteiger partial charge < -0.3 is 15.7 Å². The number of phenolic OH excluding ortho intramolecular Hbond substituents is 1. The molecular formula is C16H19N3O2. The van der Waals surface area contributed by atoms with Gasteiger partial charge in [-0.15, -0.1) is 0 Å². The first-order valence-electron chi connectivity index (χ1n) is 6.80. The molecule has 0 bridgehead atoms. The Morgan fingerprint density at radius 1 is 1.29 bits per heavy atom. The van der Waals surface area contributed by atoms with Gasteiger partial charge in [0, 0.05) is 17.9 Å².